The molecule has 20 heteroatoms. The molecule has 2 heterocycles. The summed E-state index contributed by atoms with van der Waals surface area (Å²) in [6, 6.07) is 11.8. The molecule has 0 aliphatic carbocycles. The van der Waals surface area contributed by atoms with Crippen molar-refractivity contribution in [2.75, 3.05) is 52.6 Å². The molecular formula is C31H39N7O11S2. The molecule has 4 aromatic rings. The minimum atomic E-state index is -3.92. The molecule has 1 atom stereocenters. The van der Waals surface area contributed by atoms with Crippen LogP contribution in [-0.4, -0.2) is 119 Å². The zero-order valence-corrected chi connectivity index (χ0v) is 29.1. The zero-order chi connectivity index (χ0) is 36.8. The van der Waals surface area contributed by atoms with Gasteiger partial charge in [-0.2, -0.15) is 0 Å². The van der Waals surface area contributed by atoms with Gasteiger partial charge in [0.15, 0.2) is 5.78 Å². The van der Waals surface area contributed by atoms with Crippen LogP contribution in [-0.2, 0) is 48.9 Å². The van der Waals surface area contributed by atoms with Crippen LogP contribution in [0.25, 0.3) is 10.2 Å². The number of ketones is 1. The van der Waals surface area contributed by atoms with Crippen molar-refractivity contribution in [3.63, 3.8) is 0 Å². The van der Waals surface area contributed by atoms with Gasteiger partial charge in [0, 0.05) is 19.5 Å². The van der Waals surface area contributed by atoms with Crippen molar-refractivity contribution >= 4 is 49.2 Å². The highest BCUT2D eigenvalue weighted by Crippen LogP contribution is 2.28. The molecule has 6 N–H and O–H groups in total. The molecule has 0 saturated carbocycles. The molecule has 1 amide bonds. The van der Waals surface area contributed by atoms with Crippen LogP contribution in [0.1, 0.15) is 17.7 Å². The first-order valence-corrected chi connectivity index (χ1v) is 18.0. The minimum Gasteiger partial charge on any atom is -0.492 e. The van der Waals surface area contributed by atoms with Crippen LogP contribution in [0.4, 0.5) is 0 Å². The maximum Gasteiger partial charge on any atom is 0.309 e. The number of nitrogens with zero attached hydrogens (tertiary/aromatic N) is 5. The number of carbonyl (C=O) groups excluding carboxylic acids is 2. The third-order valence-electron chi connectivity index (χ3n) is 7.10. The minimum absolute atomic E-state index is 0.00600. The van der Waals surface area contributed by atoms with Gasteiger partial charge in [0.1, 0.15) is 37.0 Å². The van der Waals surface area contributed by atoms with Crippen molar-refractivity contribution in [3.8, 4) is 11.5 Å². The molecule has 1 unspecified atom stereocenters. The van der Waals surface area contributed by atoms with Crippen molar-refractivity contribution in [1.29, 1.82) is 0 Å². The number of carbonyl (C=O) groups is 3. The summed E-state index contributed by atoms with van der Waals surface area (Å²) in [4.78, 5) is 42.3. The van der Waals surface area contributed by atoms with Gasteiger partial charge in [-0.25, -0.2) is 23.2 Å². The highest BCUT2D eigenvalue weighted by atomic mass is 32.2. The second-order valence-corrected chi connectivity index (χ2v) is 14.0. The highest BCUT2D eigenvalue weighted by molar-refractivity contribution is 7.91. The van der Waals surface area contributed by atoms with Crippen LogP contribution < -0.4 is 19.9 Å². The SMILES string of the molecule is NS(=O)(=O)c1nc2ccc(OCc3cn(CC(=O)CC(COCc4cccc(OCCNC(=O)CN(CCO)CCO)c4)C(=O)O)nn3)cc2s1. The number of sulfonamides is 1. The summed E-state index contributed by atoms with van der Waals surface area (Å²) in [6.07, 6.45) is 1.21. The Kier molecular flexibility index (Phi) is 14.7. The molecule has 2 aromatic heterocycles. The fraction of sp³-hybridized carbons (Fsp3) is 0.419. The van der Waals surface area contributed by atoms with E-state index >= 15 is 0 Å². The van der Waals surface area contributed by atoms with Gasteiger partial charge >= 0.3 is 5.97 Å². The lowest BCUT2D eigenvalue weighted by Gasteiger charge is -2.19. The average Bonchev–Trinajstić information content (AvgIpc) is 3.72. The van der Waals surface area contributed by atoms with Crippen LogP contribution in [0, 0.1) is 5.92 Å². The van der Waals surface area contributed by atoms with Crippen LogP contribution in [0.15, 0.2) is 53.0 Å². The second-order valence-electron chi connectivity index (χ2n) is 11.2. The number of amides is 1. The lowest BCUT2D eigenvalue weighted by Crippen LogP contribution is -2.41. The maximum atomic E-state index is 12.7. The number of nitrogens with one attached hydrogen (secondary N) is 1. The number of hydrogen-bond acceptors (Lipinski definition) is 15. The maximum absolute atomic E-state index is 12.7. The summed E-state index contributed by atoms with van der Waals surface area (Å²) < 4.78 is 41.8. The summed E-state index contributed by atoms with van der Waals surface area (Å²) in [7, 11) is -3.92. The molecule has 0 bridgehead atoms. The van der Waals surface area contributed by atoms with Crippen molar-refractivity contribution in [2.45, 2.75) is 30.5 Å². The van der Waals surface area contributed by atoms with E-state index < -0.39 is 21.9 Å². The van der Waals surface area contributed by atoms with Gasteiger partial charge in [-0.15, -0.1) is 16.4 Å². The molecule has 0 spiro atoms. The van der Waals surface area contributed by atoms with Gasteiger partial charge < -0.3 is 34.8 Å². The van der Waals surface area contributed by atoms with E-state index in [1.165, 1.54) is 10.9 Å². The molecule has 18 nitrogen and oxygen atoms in total. The van der Waals surface area contributed by atoms with E-state index in [0.717, 1.165) is 11.3 Å². The van der Waals surface area contributed by atoms with Gasteiger partial charge in [0.2, 0.25) is 10.2 Å². The highest BCUT2D eigenvalue weighted by Gasteiger charge is 2.22. The summed E-state index contributed by atoms with van der Waals surface area (Å²) in [5, 5.41) is 43.6. The Labute approximate surface area is 296 Å². The first kappa shape index (κ1) is 39.2. The number of thiazole rings is 1. The molecule has 51 heavy (non-hydrogen) atoms. The standard InChI is InChI=1S/C31H39N7O11S2/c32-51(45,46)31-34-27-5-4-26(14-28(27)50-31)49-20-23-15-38(36-35-23)16-24(41)13-22(30(43)44)19-47-18-21-2-1-3-25(12-21)48-11-6-33-29(42)17-37(7-9-39)8-10-40/h1-5,12,14-15,22,39-40H,6-11,13,16-20H2,(H,33,42)(H,43,44)(H2,32,45,46). The number of Topliss-reactive ketones (excluding diaryl/α,β-unsaturated/α-hetero) is 1. The molecular weight excluding hydrogens is 711 g/mol. The number of aliphatic carboxylic acids is 1. The summed E-state index contributed by atoms with van der Waals surface area (Å²) in [6.45, 7) is 0.441. The predicted molar refractivity (Wildman–Crippen MR) is 181 cm³/mol. The number of nitrogens with two attached hydrogens (primary N) is 1. The third-order valence-corrected chi connectivity index (χ3v) is 9.43. The number of hydrogen-bond donors (Lipinski definition) is 5. The molecule has 2 aromatic carbocycles. The molecule has 0 saturated heterocycles. The average molecular weight is 750 g/mol. The van der Waals surface area contributed by atoms with Crippen molar-refractivity contribution < 1.29 is 52.3 Å². The van der Waals surface area contributed by atoms with E-state index in [4.69, 9.17) is 29.6 Å². The molecule has 276 valence electrons. The summed E-state index contributed by atoms with van der Waals surface area (Å²) >= 11 is 0.918. The van der Waals surface area contributed by atoms with E-state index in [2.05, 4.69) is 20.6 Å². The second kappa shape index (κ2) is 19.2. The smallest absolute Gasteiger partial charge is 0.309 e. The van der Waals surface area contributed by atoms with Crippen molar-refractivity contribution in [3.05, 3.63) is 59.9 Å². The Morgan fingerprint density at radius 2 is 1.80 bits per heavy atom. The van der Waals surface area contributed by atoms with E-state index in [0.29, 0.717) is 33.0 Å². The monoisotopic (exact) mass is 749 g/mol. The van der Waals surface area contributed by atoms with Gasteiger partial charge in [-0.3, -0.25) is 19.3 Å². The number of aliphatic hydroxyl groups excluding tert-OH is 2. The van der Waals surface area contributed by atoms with Crippen LogP contribution >= 0.6 is 11.3 Å². The number of carboxylic acid groups (broad SMARTS) is 1. The number of primary sulfonamides is 1. The Balaban J connectivity index is 1.17. The lowest BCUT2D eigenvalue weighted by atomic mass is 10.0. The molecule has 0 fully saturated rings. The summed E-state index contributed by atoms with van der Waals surface area (Å²) in [5.41, 5.74) is 1.58. The first-order valence-electron chi connectivity index (χ1n) is 15.6. The quantitative estimate of drug-likeness (QED) is 0.0614. The number of benzene rings is 2. The van der Waals surface area contributed by atoms with Crippen molar-refractivity contribution in [2.24, 2.45) is 11.1 Å². The number of fused-ring (bicyclic) bond motifs is 1. The molecule has 0 aliphatic rings. The van der Waals surface area contributed by atoms with Crippen molar-refractivity contribution in [1.82, 2.24) is 30.2 Å². The Morgan fingerprint density at radius 1 is 1.04 bits per heavy atom. The largest absolute Gasteiger partial charge is 0.492 e. The third kappa shape index (κ3) is 12.9. The Morgan fingerprint density at radius 3 is 2.53 bits per heavy atom. The van der Waals surface area contributed by atoms with E-state index in [1.54, 1.807) is 47.4 Å². The van der Waals surface area contributed by atoms with Gasteiger partial charge in [-0.05, 0) is 35.9 Å². The van der Waals surface area contributed by atoms with Crippen LogP contribution in [0.3, 0.4) is 0 Å². The molecule has 0 radical (unpaired) electrons. The number of aliphatic hydroxyl groups is 2. The number of aromatic nitrogens is 4. The number of carboxylic acids is 1. The Bertz CT molecular complexity index is 1880. The molecule has 0 aliphatic heterocycles. The van der Waals surface area contributed by atoms with Gasteiger partial charge in [0.05, 0.1) is 61.8 Å². The predicted octanol–water partition coefficient (Wildman–Crippen LogP) is -0.227. The fourth-order valence-electron chi connectivity index (χ4n) is 4.69. The first-order chi connectivity index (χ1) is 24.4. The summed E-state index contributed by atoms with van der Waals surface area (Å²) in [5.74, 6) is -1.97. The zero-order valence-electron chi connectivity index (χ0n) is 27.4. The number of ether oxygens (including phenoxy) is 3. The van der Waals surface area contributed by atoms with Crippen LogP contribution in [0.5, 0.6) is 11.5 Å². The molecule has 4 rings (SSSR count). The topological polar surface area (TPSA) is 259 Å². The lowest BCUT2D eigenvalue weighted by molar-refractivity contribution is -0.146. The van der Waals surface area contributed by atoms with Gasteiger partial charge in [0.25, 0.3) is 10.0 Å². The van der Waals surface area contributed by atoms with Gasteiger partial charge in [-0.1, -0.05) is 17.3 Å². The van der Waals surface area contributed by atoms with E-state index in [-0.39, 0.29) is 94.8 Å². The normalized spacial score (nSPS) is 12.2. The fourth-order valence-corrected chi connectivity index (χ4v) is 6.37. The number of rotatable bonds is 23. The van der Waals surface area contributed by atoms with Crippen LogP contribution in [0.2, 0.25) is 0 Å². The van der Waals surface area contributed by atoms with E-state index in [1.807, 2.05) is 0 Å². The van der Waals surface area contributed by atoms with E-state index in [9.17, 15) is 27.9 Å². The Hall–Kier alpha value is -4.57.